The van der Waals surface area contributed by atoms with Crippen LogP contribution in [0.3, 0.4) is 0 Å². The van der Waals surface area contributed by atoms with Crippen LogP contribution in [0.25, 0.3) is 0 Å². The minimum Gasteiger partial charge on any atom is -0.439 e. The summed E-state index contributed by atoms with van der Waals surface area (Å²) in [6.07, 6.45) is 1.50. The Kier molecular flexibility index (Phi) is 4.11. The van der Waals surface area contributed by atoms with Crippen molar-refractivity contribution in [1.29, 1.82) is 0 Å². The minimum atomic E-state index is -0.327. The molecule has 110 valence electrons. The van der Waals surface area contributed by atoms with Crippen LogP contribution in [0.1, 0.15) is 9.67 Å². The summed E-state index contributed by atoms with van der Waals surface area (Å²) in [6.45, 7) is 0. The Morgan fingerprint density at radius 1 is 1.14 bits per heavy atom. The van der Waals surface area contributed by atoms with Crippen LogP contribution in [0.4, 0.5) is 10.1 Å². The fourth-order valence-corrected chi connectivity index (χ4v) is 2.36. The number of nitrogens with one attached hydrogen (secondary N) is 1. The van der Waals surface area contributed by atoms with Crippen molar-refractivity contribution in [3.05, 3.63) is 70.8 Å². The third-order valence-corrected chi connectivity index (χ3v) is 3.64. The van der Waals surface area contributed by atoms with E-state index in [1.807, 2.05) is 11.4 Å². The molecular weight excluding hydrogens is 303 g/mol. The number of hydrogen-bond acceptors (Lipinski definition) is 4. The molecule has 0 saturated carbocycles. The fraction of sp³-hybridized carbons (Fsp3) is 0. The summed E-state index contributed by atoms with van der Waals surface area (Å²) in [5.41, 5.74) is 0.574. The Morgan fingerprint density at radius 3 is 2.59 bits per heavy atom. The topological polar surface area (TPSA) is 51.2 Å². The van der Waals surface area contributed by atoms with E-state index in [-0.39, 0.29) is 11.7 Å². The van der Waals surface area contributed by atoms with Crippen LogP contribution < -0.4 is 10.1 Å². The zero-order valence-corrected chi connectivity index (χ0v) is 12.1. The van der Waals surface area contributed by atoms with Crippen molar-refractivity contribution in [2.24, 2.45) is 0 Å². The van der Waals surface area contributed by atoms with E-state index in [2.05, 4.69) is 10.3 Å². The highest BCUT2D eigenvalue weighted by Gasteiger charge is 2.07. The Morgan fingerprint density at radius 2 is 1.95 bits per heavy atom. The van der Waals surface area contributed by atoms with Crippen LogP contribution in [0.2, 0.25) is 0 Å². The number of carbonyl (C=O) groups is 1. The zero-order chi connectivity index (χ0) is 15.4. The predicted molar refractivity (Wildman–Crippen MR) is 83.0 cm³/mol. The van der Waals surface area contributed by atoms with Crippen molar-refractivity contribution >= 4 is 22.9 Å². The Bertz CT molecular complexity index is 756. The second-order valence-electron chi connectivity index (χ2n) is 4.37. The van der Waals surface area contributed by atoms with Gasteiger partial charge in [-0.3, -0.25) is 4.79 Å². The molecule has 22 heavy (non-hydrogen) atoms. The molecule has 0 radical (unpaired) electrons. The van der Waals surface area contributed by atoms with Crippen LogP contribution in [0.15, 0.2) is 60.1 Å². The second kappa shape index (κ2) is 6.36. The highest BCUT2D eigenvalue weighted by molar-refractivity contribution is 7.12. The average molecular weight is 314 g/mol. The van der Waals surface area contributed by atoms with E-state index in [4.69, 9.17) is 4.74 Å². The van der Waals surface area contributed by atoms with Crippen molar-refractivity contribution in [3.8, 4) is 11.6 Å². The lowest BCUT2D eigenvalue weighted by Crippen LogP contribution is -2.10. The van der Waals surface area contributed by atoms with Gasteiger partial charge in [-0.1, -0.05) is 6.07 Å². The predicted octanol–water partition coefficient (Wildman–Crippen LogP) is 4.33. The maximum absolute atomic E-state index is 12.8. The summed E-state index contributed by atoms with van der Waals surface area (Å²) in [5.74, 6) is 0.348. The number of benzene rings is 1. The van der Waals surface area contributed by atoms with E-state index in [1.54, 1.807) is 18.2 Å². The molecule has 0 bridgehead atoms. The fourth-order valence-electron chi connectivity index (χ4n) is 1.74. The molecule has 4 nitrogen and oxygen atoms in total. The molecule has 1 N–H and O–H groups in total. The Hall–Kier alpha value is -2.73. The maximum atomic E-state index is 12.8. The molecule has 0 aliphatic rings. The number of pyridine rings is 1. The molecule has 0 aliphatic carbocycles. The van der Waals surface area contributed by atoms with Gasteiger partial charge in [-0.25, -0.2) is 9.37 Å². The quantitative estimate of drug-likeness (QED) is 0.780. The summed E-state index contributed by atoms with van der Waals surface area (Å²) in [4.78, 5) is 16.6. The molecule has 0 aliphatic heterocycles. The molecule has 0 unspecified atom stereocenters. The highest BCUT2D eigenvalue weighted by Crippen LogP contribution is 2.21. The van der Waals surface area contributed by atoms with Crippen molar-refractivity contribution in [1.82, 2.24) is 4.98 Å². The standard InChI is InChI=1S/C16H11FN2O2S/c17-11-3-6-13(7-4-11)21-15-8-5-12(10-18-15)19-16(20)14-2-1-9-22-14/h1-10H,(H,19,20). The molecular formula is C16H11FN2O2S. The number of aromatic nitrogens is 1. The molecule has 2 heterocycles. The number of thiophene rings is 1. The SMILES string of the molecule is O=C(Nc1ccc(Oc2ccc(F)cc2)nc1)c1cccs1. The van der Waals surface area contributed by atoms with Gasteiger partial charge >= 0.3 is 0 Å². The monoisotopic (exact) mass is 314 g/mol. The van der Waals surface area contributed by atoms with Gasteiger partial charge in [-0.2, -0.15) is 0 Å². The van der Waals surface area contributed by atoms with E-state index in [9.17, 15) is 9.18 Å². The van der Waals surface area contributed by atoms with Gasteiger partial charge < -0.3 is 10.1 Å². The number of nitrogens with zero attached hydrogens (tertiary/aromatic N) is 1. The molecule has 1 aromatic carbocycles. The molecule has 1 amide bonds. The van der Waals surface area contributed by atoms with E-state index in [0.717, 1.165) is 0 Å². The van der Waals surface area contributed by atoms with E-state index in [0.29, 0.717) is 22.2 Å². The van der Waals surface area contributed by atoms with Crippen LogP contribution in [0.5, 0.6) is 11.6 Å². The number of hydrogen-bond donors (Lipinski definition) is 1. The first kappa shape index (κ1) is 14.2. The average Bonchev–Trinajstić information content (AvgIpc) is 3.06. The lowest BCUT2D eigenvalue weighted by atomic mass is 10.3. The summed E-state index contributed by atoms with van der Waals surface area (Å²) >= 11 is 1.37. The first-order valence-electron chi connectivity index (χ1n) is 6.45. The van der Waals surface area contributed by atoms with E-state index < -0.39 is 0 Å². The third-order valence-electron chi connectivity index (χ3n) is 2.78. The maximum Gasteiger partial charge on any atom is 0.265 e. The summed E-state index contributed by atoms with van der Waals surface area (Å²) in [6, 6.07) is 12.5. The van der Waals surface area contributed by atoms with Gasteiger partial charge in [0.1, 0.15) is 11.6 Å². The minimum absolute atomic E-state index is 0.177. The second-order valence-corrected chi connectivity index (χ2v) is 5.32. The lowest BCUT2D eigenvalue weighted by molar-refractivity contribution is 0.103. The van der Waals surface area contributed by atoms with Gasteiger partial charge in [-0.15, -0.1) is 11.3 Å². The van der Waals surface area contributed by atoms with Gasteiger partial charge in [0.25, 0.3) is 5.91 Å². The van der Waals surface area contributed by atoms with Crippen LogP contribution in [-0.2, 0) is 0 Å². The number of ether oxygens (including phenoxy) is 1. The summed E-state index contributed by atoms with van der Waals surface area (Å²) in [7, 11) is 0. The van der Waals surface area contributed by atoms with Crippen molar-refractivity contribution in [2.45, 2.75) is 0 Å². The van der Waals surface area contributed by atoms with Crippen molar-refractivity contribution in [3.63, 3.8) is 0 Å². The third kappa shape index (κ3) is 3.48. The summed E-state index contributed by atoms with van der Waals surface area (Å²) in [5, 5.41) is 4.59. The first-order chi connectivity index (χ1) is 10.7. The van der Waals surface area contributed by atoms with E-state index >= 15 is 0 Å². The lowest BCUT2D eigenvalue weighted by Gasteiger charge is -2.06. The number of halogens is 1. The Labute approximate surface area is 130 Å². The van der Waals surface area contributed by atoms with Gasteiger partial charge in [0.05, 0.1) is 16.8 Å². The van der Waals surface area contributed by atoms with Crippen LogP contribution in [-0.4, -0.2) is 10.9 Å². The van der Waals surface area contributed by atoms with Gasteiger partial charge in [-0.05, 0) is 41.8 Å². The van der Waals surface area contributed by atoms with Crippen molar-refractivity contribution < 1.29 is 13.9 Å². The van der Waals surface area contributed by atoms with Crippen LogP contribution in [0, 0.1) is 5.82 Å². The first-order valence-corrected chi connectivity index (χ1v) is 7.33. The largest absolute Gasteiger partial charge is 0.439 e. The molecule has 0 fully saturated rings. The zero-order valence-electron chi connectivity index (χ0n) is 11.3. The summed E-state index contributed by atoms with van der Waals surface area (Å²) < 4.78 is 18.3. The molecule has 0 spiro atoms. The molecule has 3 rings (SSSR count). The number of anilines is 1. The molecule has 3 aromatic rings. The van der Waals surface area contributed by atoms with Gasteiger partial charge in [0, 0.05) is 6.07 Å². The number of carbonyl (C=O) groups excluding carboxylic acids is 1. The van der Waals surface area contributed by atoms with E-state index in [1.165, 1.54) is 41.8 Å². The smallest absolute Gasteiger partial charge is 0.265 e. The van der Waals surface area contributed by atoms with Gasteiger partial charge in [0.2, 0.25) is 5.88 Å². The molecule has 0 saturated heterocycles. The highest BCUT2D eigenvalue weighted by atomic mass is 32.1. The normalized spacial score (nSPS) is 10.2. The Balaban J connectivity index is 1.65. The molecule has 0 atom stereocenters. The molecule has 2 aromatic heterocycles. The van der Waals surface area contributed by atoms with Crippen molar-refractivity contribution in [2.75, 3.05) is 5.32 Å². The molecule has 6 heteroatoms. The van der Waals surface area contributed by atoms with Crippen LogP contribution >= 0.6 is 11.3 Å². The van der Waals surface area contributed by atoms with Gasteiger partial charge in [0.15, 0.2) is 0 Å². The number of amides is 1. The number of rotatable bonds is 4.